The molecule has 5 nitrogen and oxygen atoms in total. The van der Waals surface area contributed by atoms with Crippen molar-refractivity contribution >= 4 is 17.6 Å². The highest BCUT2D eigenvalue weighted by Gasteiger charge is 2.34. The maximum Gasteiger partial charge on any atom is 0.417 e. The Bertz CT molecular complexity index is 1430. The summed E-state index contributed by atoms with van der Waals surface area (Å²) in [4.78, 5) is 13.0. The summed E-state index contributed by atoms with van der Waals surface area (Å²) in [6, 6.07) is 29.9. The second kappa shape index (κ2) is 14.8. The van der Waals surface area contributed by atoms with Crippen molar-refractivity contribution in [1.29, 1.82) is 0 Å². The van der Waals surface area contributed by atoms with Crippen LogP contribution in [-0.4, -0.2) is 35.7 Å². The van der Waals surface area contributed by atoms with Crippen LogP contribution in [0.15, 0.2) is 103 Å². The first-order chi connectivity index (χ1) is 20.2. The van der Waals surface area contributed by atoms with Crippen molar-refractivity contribution < 1.29 is 32.5 Å². The van der Waals surface area contributed by atoms with Gasteiger partial charge in [0.05, 0.1) is 23.6 Å². The van der Waals surface area contributed by atoms with Crippen LogP contribution in [-0.2, 0) is 23.9 Å². The third kappa shape index (κ3) is 9.26. The van der Waals surface area contributed by atoms with Crippen molar-refractivity contribution in [3.8, 4) is 11.5 Å². The predicted molar refractivity (Wildman–Crippen MR) is 156 cm³/mol. The van der Waals surface area contributed by atoms with E-state index < -0.39 is 23.8 Å². The highest BCUT2D eigenvalue weighted by atomic mass is 35.5. The fraction of sp³-hybridized carbons (Fsp3) is 0.242. The zero-order valence-corrected chi connectivity index (χ0v) is 23.5. The number of carbonyl (C=O) groups is 1. The molecule has 0 spiro atoms. The topological polar surface area (TPSA) is 59.0 Å². The molecule has 0 saturated carbocycles. The van der Waals surface area contributed by atoms with Gasteiger partial charge in [-0.15, -0.1) is 0 Å². The molecule has 1 N–H and O–H groups in total. The van der Waals surface area contributed by atoms with E-state index in [1.807, 2.05) is 65.6 Å². The maximum atomic E-state index is 13.6. The van der Waals surface area contributed by atoms with Crippen LogP contribution in [0.25, 0.3) is 0 Å². The van der Waals surface area contributed by atoms with E-state index in [1.54, 1.807) is 30.3 Å². The minimum Gasteiger partial charge on any atom is -0.494 e. The Morgan fingerprint density at radius 2 is 1.55 bits per heavy atom. The molecule has 0 heterocycles. The van der Waals surface area contributed by atoms with Crippen LogP contribution in [0.2, 0.25) is 5.02 Å². The molecule has 0 bridgehead atoms. The number of hydrogen-bond donors (Lipinski definition) is 1. The summed E-state index contributed by atoms with van der Waals surface area (Å²) in [5.41, 5.74) is 1.05. The van der Waals surface area contributed by atoms with Crippen molar-refractivity contribution in [1.82, 2.24) is 4.90 Å². The number of hydrogen-bond acceptors (Lipinski definition) is 4. The molecule has 0 amide bonds. The lowest BCUT2D eigenvalue weighted by Gasteiger charge is -2.29. The number of benzene rings is 4. The van der Waals surface area contributed by atoms with Crippen LogP contribution in [0.4, 0.5) is 13.2 Å². The van der Waals surface area contributed by atoms with Gasteiger partial charge in [-0.25, -0.2) is 0 Å². The van der Waals surface area contributed by atoms with Crippen molar-refractivity contribution in [2.24, 2.45) is 0 Å². The first kappa shape index (κ1) is 30.9. The van der Waals surface area contributed by atoms with E-state index in [1.165, 1.54) is 6.07 Å². The molecule has 4 aromatic rings. The van der Waals surface area contributed by atoms with E-state index in [9.17, 15) is 18.0 Å². The minimum absolute atomic E-state index is 0.106. The quantitative estimate of drug-likeness (QED) is 0.149. The SMILES string of the molecule is O=C(O)Cc1cccc(OCCCN(Cc2cccc(C(F)(F)F)c2Cl)CC(Oc2ccccc2)c2ccccc2)c1. The molecule has 42 heavy (non-hydrogen) atoms. The molecular weight excluding hydrogens is 567 g/mol. The lowest BCUT2D eigenvalue weighted by atomic mass is 10.1. The molecular formula is C33H31ClF3NO4. The van der Waals surface area contributed by atoms with E-state index in [0.717, 1.165) is 11.6 Å². The highest BCUT2D eigenvalue weighted by Crippen LogP contribution is 2.37. The number of halogens is 4. The van der Waals surface area contributed by atoms with Gasteiger partial charge < -0.3 is 14.6 Å². The van der Waals surface area contributed by atoms with E-state index in [-0.39, 0.29) is 18.0 Å². The number of carboxylic acids is 1. The minimum atomic E-state index is -4.57. The Kier molecular flexibility index (Phi) is 10.9. The average molecular weight is 598 g/mol. The second-order valence-corrected chi connectivity index (χ2v) is 10.1. The fourth-order valence-corrected chi connectivity index (χ4v) is 4.86. The number of alkyl halides is 3. The molecule has 4 rings (SSSR count). The van der Waals surface area contributed by atoms with E-state index in [0.29, 0.717) is 48.7 Å². The zero-order chi connectivity index (χ0) is 30.0. The molecule has 0 aliphatic carbocycles. The third-order valence-electron chi connectivity index (χ3n) is 6.54. The van der Waals surface area contributed by atoms with E-state index in [2.05, 4.69) is 0 Å². The Balaban J connectivity index is 1.53. The highest BCUT2D eigenvalue weighted by molar-refractivity contribution is 6.32. The predicted octanol–water partition coefficient (Wildman–Crippen LogP) is 8.08. The Morgan fingerprint density at radius 3 is 2.24 bits per heavy atom. The molecule has 220 valence electrons. The van der Waals surface area contributed by atoms with Crippen molar-refractivity contribution in [2.75, 3.05) is 19.7 Å². The van der Waals surface area contributed by atoms with Gasteiger partial charge in [0.15, 0.2) is 0 Å². The number of nitrogens with zero attached hydrogens (tertiary/aromatic N) is 1. The molecule has 0 aromatic heterocycles. The molecule has 1 unspecified atom stereocenters. The summed E-state index contributed by atoms with van der Waals surface area (Å²) in [5, 5.41) is 8.74. The van der Waals surface area contributed by atoms with Gasteiger partial charge in [0, 0.05) is 19.6 Å². The number of aliphatic carboxylic acids is 1. The molecule has 9 heteroatoms. The van der Waals surface area contributed by atoms with Crippen LogP contribution in [0.1, 0.15) is 34.8 Å². The van der Waals surface area contributed by atoms with Crippen LogP contribution >= 0.6 is 11.6 Å². The molecule has 0 aliphatic heterocycles. The second-order valence-electron chi connectivity index (χ2n) is 9.76. The lowest BCUT2D eigenvalue weighted by molar-refractivity contribution is -0.138. The van der Waals surface area contributed by atoms with Crippen LogP contribution in [0, 0.1) is 0 Å². The van der Waals surface area contributed by atoms with Gasteiger partial charge in [0.25, 0.3) is 0 Å². The summed E-state index contributed by atoms with van der Waals surface area (Å²) in [5.74, 6) is 0.297. The first-order valence-electron chi connectivity index (χ1n) is 13.5. The zero-order valence-electron chi connectivity index (χ0n) is 22.8. The normalized spacial score (nSPS) is 12.2. The largest absolute Gasteiger partial charge is 0.494 e. The molecule has 0 saturated heterocycles. The van der Waals surface area contributed by atoms with Gasteiger partial charge in [-0.05, 0) is 53.4 Å². The molecule has 0 aliphatic rings. The van der Waals surface area contributed by atoms with E-state index in [4.69, 9.17) is 26.2 Å². The van der Waals surface area contributed by atoms with Crippen molar-refractivity contribution in [3.63, 3.8) is 0 Å². The third-order valence-corrected chi connectivity index (χ3v) is 6.98. The molecule has 0 fully saturated rings. The van der Waals surface area contributed by atoms with Gasteiger partial charge in [-0.1, -0.05) is 84.4 Å². The lowest BCUT2D eigenvalue weighted by Crippen LogP contribution is -2.32. The van der Waals surface area contributed by atoms with Crippen LogP contribution < -0.4 is 9.47 Å². The van der Waals surface area contributed by atoms with Gasteiger partial charge in [-0.2, -0.15) is 13.2 Å². The fourth-order valence-electron chi connectivity index (χ4n) is 4.57. The van der Waals surface area contributed by atoms with Crippen LogP contribution in [0.3, 0.4) is 0 Å². The number of carboxylic acid groups (broad SMARTS) is 1. The number of rotatable bonds is 14. The van der Waals surface area contributed by atoms with E-state index >= 15 is 0 Å². The van der Waals surface area contributed by atoms with Gasteiger partial charge in [0.1, 0.15) is 17.6 Å². The monoisotopic (exact) mass is 597 g/mol. The average Bonchev–Trinajstić information content (AvgIpc) is 2.96. The summed E-state index contributed by atoms with van der Waals surface area (Å²) in [6.07, 6.45) is -4.53. The Labute approximate surface area is 248 Å². The van der Waals surface area contributed by atoms with Crippen molar-refractivity contribution in [2.45, 2.75) is 31.7 Å². The van der Waals surface area contributed by atoms with Gasteiger partial charge in [-0.3, -0.25) is 9.69 Å². The Hall–Kier alpha value is -4.01. The maximum absolute atomic E-state index is 13.6. The number of ether oxygens (including phenoxy) is 2. The van der Waals surface area contributed by atoms with Crippen LogP contribution in [0.5, 0.6) is 11.5 Å². The summed E-state index contributed by atoms with van der Waals surface area (Å²) < 4.78 is 53.0. The van der Waals surface area contributed by atoms with Crippen molar-refractivity contribution in [3.05, 3.63) is 130 Å². The standard InChI is InChI=1S/C33H31ClF3NO4/c34-32-26(13-8-17-29(32)33(35,36)37)22-38(18-9-19-41-28-16-7-10-24(20-28)21-31(39)40)23-30(25-11-3-1-4-12-25)42-27-14-5-2-6-15-27/h1-8,10-17,20,30H,9,18-19,21-23H2,(H,39,40). The molecule has 0 radical (unpaired) electrons. The summed E-state index contributed by atoms with van der Waals surface area (Å²) in [6.45, 7) is 1.33. The summed E-state index contributed by atoms with van der Waals surface area (Å²) >= 11 is 6.27. The Morgan fingerprint density at radius 1 is 0.881 bits per heavy atom. The smallest absolute Gasteiger partial charge is 0.417 e. The molecule has 4 aromatic carbocycles. The first-order valence-corrected chi connectivity index (χ1v) is 13.8. The van der Waals surface area contributed by atoms with Gasteiger partial charge in [0.2, 0.25) is 0 Å². The molecule has 1 atom stereocenters. The summed E-state index contributed by atoms with van der Waals surface area (Å²) in [7, 11) is 0. The van der Waals surface area contributed by atoms with Gasteiger partial charge >= 0.3 is 12.1 Å². The number of para-hydroxylation sites is 1.